The van der Waals surface area contributed by atoms with Crippen LogP contribution in [0.15, 0.2) is 0 Å². The Kier molecular flexibility index (Phi) is 5.88. The van der Waals surface area contributed by atoms with Gasteiger partial charge in [0.2, 0.25) is 5.91 Å². The lowest BCUT2D eigenvalue weighted by molar-refractivity contribution is -0.121. The van der Waals surface area contributed by atoms with Gasteiger partial charge in [-0.1, -0.05) is 6.42 Å². The van der Waals surface area contributed by atoms with Gasteiger partial charge in [-0.05, 0) is 33.2 Å². The number of hydrogen-bond acceptors (Lipinski definition) is 4. The topological polar surface area (TPSA) is 67.6 Å². The summed E-state index contributed by atoms with van der Waals surface area (Å²) in [6.07, 6.45) is 3.64. The normalized spacial score (nSPS) is 20.2. The first-order valence-electron chi connectivity index (χ1n) is 6.38. The molecule has 1 aliphatic rings. The van der Waals surface area contributed by atoms with Crippen LogP contribution in [0.2, 0.25) is 0 Å². The zero-order valence-corrected chi connectivity index (χ0v) is 11.0. The van der Waals surface area contributed by atoms with Gasteiger partial charge in [0, 0.05) is 18.5 Å². The molecule has 0 unspecified atom stereocenters. The SMILES string of the molecule is CC1(C)COCCN1CCCCCC(=O)NN. The summed E-state index contributed by atoms with van der Waals surface area (Å²) in [5, 5.41) is 0. The third-order valence-electron chi connectivity index (χ3n) is 3.31. The first-order valence-corrected chi connectivity index (χ1v) is 6.38. The first-order chi connectivity index (χ1) is 8.06. The quantitative estimate of drug-likeness (QED) is 0.311. The van der Waals surface area contributed by atoms with Gasteiger partial charge in [0.1, 0.15) is 0 Å². The van der Waals surface area contributed by atoms with Crippen LogP contribution in [0.1, 0.15) is 39.5 Å². The van der Waals surface area contributed by atoms with E-state index in [1.165, 1.54) is 0 Å². The number of amides is 1. The van der Waals surface area contributed by atoms with Gasteiger partial charge < -0.3 is 4.74 Å². The predicted molar refractivity (Wildman–Crippen MR) is 67.3 cm³/mol. The number of unbranched alkanes of at least 4 members (excludes halogenated alkanes) is 2. The van der Waals surface area contributed by atoms with Crippen LogP contribution in [-0.4, -0.2) is 42.6 Å². The van der Waals surface area contributed by atoms with Crippen molar-refractivity contribution in [2.24, 2.45) is 5.84 Å². The van der Waals surface area contributed by atoms with Crippen LogP contribution < -0.4 is 11.3 Å². The Balaban J connectivity index is 2.11. The largest absolute Gasteiger partial charge is 0.378 e. The van der Waals surface area contributed by atoms with Gasteiger partial charge in [0.05, 0.1) is 13.2 Å². The van der Waals surface area contributed by atoms with Gasteiger partial charge in [-0.3, -0.25) is 15.1 Å². The van der Waals surface area contributed by atoms with Crippen LogP contribution >= 0.6 is 0 Å². The van der Waals surface area contributed by atoms with Gasteiger partial charge in [-0.25, -0.2) is 5.84 Å². The van der Waals surface area contributed by atoms with Crippen molar-refractivity contribution in [1.82, 2.24) is 10.3 Å². The Hall–Kier alpha value is -0.650. The second kappa shape index (κ2) is 6.93. The highest BCUT2D eigenvalue weighted by Crippen LogP contribution is 2.19. The van der Waals surface area contributed by atoms with Crippen LogP contribution in [0, 0.1) is 0 Å². The maximum Gasteiger partial charge on any atom is 0.233 e. The first kappa shape index (κ1) is 14.4. The Labute approximate surface area is 104 Å². The smallest absolute Gasteiger partial charge is 0.233 e. The monoisotopic (exact) mass is 243 g/mol. The van der Waals surface area contributed by atoms with Crippen molar-refractivity contribution in [2.75, 3.05) is 26.3 Å². The van der Waals surface area contributed by atoms with Crippen molar-refractivity contribution in [3.8, 4) is 0 Å². The van der Waals surface area contributed by atoms with Gasteiger partial charge >= 0.3 is 0 Å². The average Bonchev–Trinajstić information content (AvgIpc) is 2.30. The van der Waals surface area contributed by atoms with Crippen LogP contribution in [0.4, 0.5) is 0 Å². The van der Waals surface area contributed by atoms with Crippen LogP contribution in [0.25, 0.3) is 0 Å². The van der Waals surface area contributed by atoms with Crippen molar-refractivity contribution in [2.45, 2.75) is 45.1 Å². The number of nitrogens with two attached hydrogens (primary N) is 1. The third-order valence-corrected chi connectivity index (χ3v) is 3.31. The van der Waals surface area contributed by atoms with E-state index in [4.69, 9.17) is 10.6 Å². The molecule has 1 aliphatic heterocycles. The Morgan fingerprint density at radius 1 is 1.41 bits per heavy atom. The van der Waals surface area contributed by atoms with Gasteiger partial charge in [0.15, 0.2) is 0 Å². The molecule has 0 saturated carbocycles. The number of hydrogen-bond donors (Lipinski definition) is 2. The highest BCUT2D eigenvalue weighted by Gasteiger charge is 2.29. The fraction of sp³-hybridized carbons (Fsp3) is 0.917. The summed E-state index contributed by atoms with van der Waals surface area (Å²) in [6.45, 7) is 8.17. The lowest BCUT2D eigenvalue weighted by Crippen LogP contribution is -2.53. The molecular weight excluding hydrogens is 218 g/mol. The maximum atomic E-state index is 10.9. The standard InChI is InChI=1S/C12H25N3O2/c1-12(2)10-17-9-8-15(12)7-5-3-4-6-11(16)14-13/h3-10,13H2,1-2H3,(H,14,16). The van der Waals surface area contributed by atoms with E-state index in [0.29, 0.717) is 6.42 Å². The summed E-state index contributed by atoms with van der Waals surface area (Å²) < 4.78 is 5.48. The molecule has 5 heteroatoms. The minimum Gasteiger partial charge on any atom is -0.378 e. The molecule has 1 saturated heterocycles. The molecule has 0 aromatic heterocycles. The molecule has 1 amide bonds. The van der Waals surface area contributed by atoms with E-state index >= 15 is 0 Å². The highest BCUT2D eigenvalue weighted by atomic mass is 16.5. The molecule has 0 bridgehead atoms. The summed E-state index contributed by atoms with van der Waals surface area (Å²) in [6, 6.07) is 0. The minimum atomic E-state index is -0.0725. The second-order valence-electron chi connectivity index (χ2n) is 5.23. The number of hydrazine groups is 1. The number of rotatable bonds is 6. The van der Waals surface area contributed by atoms with Crippen molar-refractivity contribution >= 4 is 5.91 Å². The fourth-order valence-electron chi connectivity index (χ4n) is 2.14. The van der Waals surface area contributed by atoms with Crippen molar-refractivity contribution < 1.29 is 9.53 Å². The summed E-state index contributed by atoms with van der Waals surface area (Å²) in [4.78, 5) is 13.4. The molecule has 0 aromatic carbocycles. The van der Waals surface area contributed by atoms with E-state index in [1.54, 1.807) is 0 Å². The Bertz CT molecular complexity index is 244. The fourth-order valence-corrected chi connectivity index (χ4v) is 2.14. The lowest BCUT2D eigenvalue weighted by atomic mass is 10.0. The molecule has 100 valence electrons. The highest BCUT2D eigenvalue weighted by molar-refractivity contribution is 5.74. The number of carbonyl (C=O) groups is 1. The number of carbonyl (C=O) groups excluding carboxylic acids is 1. The summed E-state index contributed by atoms with van der Waals surface area (Å²) >= 11 is 0. The molecule has 0 spiro atoms. The molecule has 5 nitrogen and oxygen atoms in total. The van der Waals surface area contributed by atoms with Crippen LogP contribution in [0.5, 0.6) is 0 Å². The molecule has 17 heavy (non-hydrogen) atoms. The van der Waals surface area contributed by atoms with E-state index in [1.807, 2.05) is 0 Å². The predicted octanol–water partition coefficient (Wildman–Crippen LogP) is 0.648. The number of ether oxygens (including phenoxy) is 1. The van der Waals surface area contributed by atoms with E-state index in [9.17, 15) is 4.79 Å². The number of nitrogens with zero attached hydrogens (tertiary/aromatic N) is 1. The second-order valence-corrected chi connectivity index (χ2v) is 5.23. The van der Waals surface area contributed by atoms with Gasteiger partial charge in [-0.2, -0.15) is 0 Å². The average molecular weight is 243 g/mol. The maximum absolute atomic E-state index is 10.9. The molecule has 1 heterocycles. The van der Waals surface area contributed by atoms with Gasteiger partial charge in [-0.15, -0.1) is 0 Å². The Morgan fingerprint density at radius 3 is 2.82 bits per heavy atom. The third kappa shape index (κ3) is 5.02. The molecule has 0 atom stereocenters. The van der Waals surface area contributed by atoms with Crippen molar-refractivity contribution in [3.05, 3.63) is 0 Å². The van der Waals surface area contributed by atoms with E-state index < -0.39 is 0 Å². The summed E-state index contributed by atoms with van der Waals surface area (Å²) in [7, 11) is 0. The van der Waals surface area contributed by atoms with Crippen LogP contribution in [-0.2, 0) is 9.53 Å². The van der Waals surface area contributed by atoms with E-state index in [-0.39, 0.29) is 11.4 Å². The molecule has 3 N–H and O–H groups in total. The van der Waals surface area contributed by atoms with E-state index in [0.717, 1.165) is 45.6 Å². The number of nitrogens with one attached hydrogen (secondary N) is 1. The molecule has 0 radical (unpaired) electrons. The molecular formula is C12H25N3O2. The summed E-state index contributed by atoms with van der Waals surface area (Å²) in [5.41, 5.74) is 2.30. The van der Waals surface area contributed by atoms with Crippen molar-refractivity contribution in [3.63, 3.8) is 0 Å². The zero-order valence-electron chi connectivity index (χ0n) is 11.0. The summed E-state index contributed by atoms with van der Waals surface area (Å²) in [5.74, 6) is 4.95. The molecule has 0 aromatic rings. The van der Waals surface area contributed by atoms with Gasteiger partial charge in [0.25, 0.3) is 0 Å². The molecule has 1 fully saturated rings. The molecule has 0 aliphatic carbocycles. The minimum absolute atomic E-state index is 0.0725. The van der Waals surface area contributed by atoms with Crippen LogP contribution in [0.3, 0.4) is 0 Å². The Morgan fingerprint density at radius 2 is 2.18 bits per heavy atom. The lowest BCUT2D eigenvalue weighted by Gasteiger charge is -2.42. The zero-order chi connectivity index (χ0) is 12.7. The number of morpholine rings is 1. The van der Waals surface area contributed by atoms with Crippen molar-refractivity contribution in [1.29, 1.82) is 0 Å². The van der Waals surface area contributed by atoms with E-state index in [2.05, 4.69) is 24.2 Å². The molecule has 1 rings (SSSR count).